The lowest BCUT2D eigenvalue weighted by Crippen LogP contribution is -2.32. The van der Waals surface area contributed by atoms with Crippen molar-refractivity contribution in [1.29, 1.82) is 0 Å². The van der Waals surface area contributed by atoms with Gasteiger partial charge in [-0.2, -0.15) is 0 Å². The maximum Gasteiger partial charge on any atom is 0.320 e. The highest BCUT2D eigenvalue weighted by Gasteiger charge is 2.12. The summed E-state index contributed by atoms with van der Waals surface area (Å²) in [4.78, 5) is 14.6. The van der Waals surface area contributed by atoms with E-state index in [1.54, 1.807) is 18.5 Å². The van der Waals surface area contributed by atoms with E-state index >= 15 is 0 Å². The van der Waals surface area contributed by atoms with Crippen LogP contribution in [0.15, 0.2) is 29.0 Å². The number of hydrogen-bond donors (Lipinski definition) is 2. The van der Waals surface area contributed by atoms with Crippen LogP contribution in [0.4, 0.5) is 0 Å². The van der Waals surface area contributed by atoms with Crippen LogP contribution in [0.2, 0.25) is 0 Å². The average Bonchev–Trinajstić information content (AvgIpc) is 2.64. The molecule has 0 fully saturated rings. The molecule has 0 bridgehead atoms. The van der Waals surface area contributed by atoms with Crippen LogP contribution >= 0.6 is 0 Å². The summed E-state index contributed by atoms with van der Waals surface area (Å²) in [5.41, 5.74) is 6.75. The summed E-state index contributed by atoms with van der Waals surface area (Å²) in [5, 5.41) is 9.50. The summed E-state index contributed by atoms with van der Waals surface area (Å²) in [5.74, 6) is -1.01. The monoisotopic (exact) mass is 206 g/mol. The van der Waals surface area contributed by atoms with Gasteiger partial charge < -0.3 is 15.3 Å². The number of fused-ring (bicyclic) bond motifs is 1. The number of nitrogens with zero attached hydrogens (tertiary/aromatic N) is 1. The van der Waals surface area contributed by atoms with Gasteiger partial charge in [0.25, 0.3) is 0 Å². The van der Waals surface area contributed by atoms with Crippen LogP contribution in [0, 0.1) is 0 Å². The number of carboxylic acid groups (broad SMARTS) is 1. The second-order valence-corrected chi connectivity index (χ2v) is 3.31. The first-order chi connectivity index (χ1) is 7.16. The maximum atomic E-state index is 10.6. The van der Waals surface area contributed by atoms with Crippen molar-refractivity contribution in [3.8, 4) is 0 Å². The first kappa shape index (κ1) is 9.67. The Morgan fingerprint density at radius 1 is 1.67 bits per heavy atom. The van der Waals surface area contributed by atoms with E-state index in [2.05, 4.69) is 4.98 Å². The summed E-state index contributed by atoms with van der Waals surface area (Å²) >= 11 is 0. The normalized spacial score (nSPS) is 12.9. The van der Waals surface area contributed by atoms with Crippen molar-refractivity contribution in [3.05, 3.63) is 30.2 Å². The van der Waals surface area contributed by atoms with Gasteiger partial charge in [0, 0.05) is 11.6 Å². The van der Waals surface area contributed by atoms with E-state index in [0.29, 0.717) is 5.71 Å². The van der Waals surface area contributed by atoms with Gasteiger partial charge in [0.2, 0.25) is 5.71 Å². The Morgan fingerprint density at radius 2 is 2.47 bits per heavy atom. The molecule has 0 amide bonds. The van der Waals surface area contributed by atoms with E-state index in [9.17, 15) is 4.79 Å². The molecule has 2 heterocycles. The predicted molar refractivity (Wildman–Crippen MR) is 53.3 cm³/mol. The Morgan fingerprint density at radius 3 is 3.20 bits per heavy atom. The van der Waals surface area contributed by atoms with Crippen LogP contribution in [0.3, 0.4) is 0 Å². The van der Waals surface area contributed by atoms with E-state index in [0.717, 1.165) is 10.9 Å². The third-order valence-electron chi connectivity index (χ3n) is 2.14. The zero-order valence-corrected chi connectivity index (χ0v) is 7.88. The van der Waals surface area contributed by atoms with Crippen molar-refractivity contribution in [3.63, 3.8) is 0 Å². The molecule has 0 aliphatic heterocycles. The first-order valence-electron chi connectivity index (χ1n) is 4.47. The molecule has 5 nitrogen and oxygen atoms in total. The number of aromatic nitrogens is 1. The minimum atomic E-state index is -1.01. The first-order valence-corrected chi connectivity index (χ1v) is 4.47. The summed E-state index contributed by atoms with van der Waals surface area (Å²) in [6, 6.07) is 2.71. The zero-order valence-electron chi connectivity index (χ0n) is 7.88. The van der Waals surface area contributed by atoms with E-state index in [1.807, 2.05) is 6.07 Å². The molecule has 15 heavy (non-hydrogen) atoms. The topological polar surface area (TPSA) is 89.4 Å². The van der Waals surface area contributed by atoms with E-state index in [4.69, 9.17) is 15.3 Å². The zero-order chi connectivity index (χ0) is 10.8. The number of carbonyl (C=O) groups is 1. The van der Waals surface area contributed by atoms with Crippen LogP contribution in [-0.2, 0) is 11.2 Å². The largest absolute Gasteiger partial charge is 0.480 e. The Bertz CT molecular complexity index is 492. The minimum absolute atomic E-state index is 0.267. The summed E-state index contributed by atoms with van der Waals surface area (Å²) < 4.78 is 5.07. The third-order valence-corrected chi connectivity index (χ3v) is 2.14. The van der Waals surface area contributed by atoms with Crippen LogP contribution in [0.5, 0.6) is 0 Å². The fourth-order valence-corrected chi connectivity index (χ4v) is 1.36. The van der Waals surface area contributed by atoms with Crippen LogP contribution in [-0.4, -0.2) is 22.1 Å². The van der Waals surface area contributed by atoms with Gasteiger partial charge in [0.05, 0.1) is 6.26 Å². The number of furan rings is 1. The fourth-order valence-electron chi connectivity index (χ4n) is 1.36. The van der Waals surface area contributed by atoms with Gasteiger partial charge in [0.15, 0.2) is 0 Å². The molecule has 1 atom stereocenters. The lowest BCUT2D eigenvalue weighted by atomic mass is 10.1. The molecule has 0 aromatic carbocycles. The molecule has 78 valence electrons. The van der Waals surface area contributed by atoms with Crippen LogP contribution < -0.4 is 5.73 Å². The highest BCUT2D eigenvalue weighted by Crippen LogP contribution is 2.14. The van der Waals surface area contributed by atoms with Gasteiger partial charge in [-0.3, -0.25) is 4.79 Å². The molecule has 5 heteroatoms. The summed E-state index contributed by atoms with van der Waals surface area (Å²) in [6.45, 7) is 0. The molecule has 0 aliphatic rings. The SMILES string of the molecule is N[C@@H](Cc1cnc2occc2c1)C(=O)O. The molecular weight excluding hydrogens is 196 g/mol. The minimum Gasteiger partial charge on any atom is -0.480 e. The fraction of sp³-hybridized carbons (Fsp3) is 0.200. The molecule has 0 aliphatic carbocycles. The summed E-state index contributed by atoms with van der Waals surface area (Å²) in [7, 11) is 0. The molecule has 0 spiro atoms. The summed E-state index contributed by atoms with van der Waals surface area (Å²) in [6.07, 6.45) is 3.39. The van der Waals surface area contributed by atoms with Crippen molar-refractivity contribution in [2.45, 2.75) is 12.5 Å². The standard InChI is InChI=1S/C10H10N2O3/c11-8(10(13)14)4-6-3-7-1-2-15-9(7)12-5-6/h1-3,5,8H,4,11H2,(H,13,14)/t8-/m0/s1. The van der Waals surface area contributed by atoms with E-state index in [-0.39, 0.29) is 6.42 Å². The van der Waals surface area contributed by atoms with Gasteiger partial charge >= 0.3 is 5.97 Å². The maximum absolute atomic E-state index is 10.6. The second kappa shape index (κ2) is 3.70. The van der Waals surface area contributed by atoms with Crippen molar-refractivity contribution in [2.24, 2.45) is 5.73 Å². The number of hydrogen-bond acceptors (Lipinski definition) is 4. The van der Waals surface area contributed by atoms with Gasteiger partial charge in [-0.25, -0.2) is 4.98 Å². The quantitative estimate of drug-likeness (QED) is 0.774. The molecular formula is C10H10N2O3. The molecule has 2 rings (SSSR count). The van der Waals surface area contributed by atoms with Gasteiger partial charge in [0.1, 0.15) is 6.04 Å². The number of rotatable bonds is 3. The molecule has 0 saturated carbocycles. The van der Waals surface area contributed by atoms with Crippen molar-refractivity contribution < 1.29 is 14.3 Å². The Kier molecular flexibility index (Phi) is 2.39. The lowest BCUT2D eigenvalue weighted by Gasteiger charge is -2.05. The van der Waals surface area contributed by atoms with Crippen molar-refractivity contribution in [2.75, 3.05) is 0 Å². The van der Waals surface area contributed by atoms with Crippen LogP contribution in [0.25, 0.3) is 11.1 Å². The molecule has 3 N–H and O–H groups in total. The molecule has 0 saturated heterocycles. The Labute approximate surface area is 85.5 Å². The lowest BCUT2D eigenvalue weighted by molar-refractivity contribution is -0.138. The molecule has 2 aromatic rings. The second-order valence-electron chi connectivity index (χ2n) is 3.31. The third kappa shape index (κ3) is 1.97. The van der Waals surface area contributed by atoms with E-state index in [1.165, 1.54) is 0 Å². The molecule has 2 aromatic heterocycles. The molecule has 0 radical (unpaired) electrons. The number of aliphatic carboxylic acids is 1. The van der Waals surface area contributed by atoms with Crippen molar-refractivity contribution in [1.82, 2.24) is 4.98 Å². The Balaban J connectivity index is 2.24. The number of carboxylic acids is 1. The molecule has 0 unspecified atom stereocenters. The predicted octanol–water partition coefficient (Wildman–Crippen LogP) is 0.782. The smallest absolute Gasteiger partial charge is 0.320 e. The van der Waals surface area contributed by atoms with Gasteiger partial charge in [-0.1, -0.05) is 0 Å². The highest BCUT2D eigenvalue weighted by molar-refractivity contribution is 5.75. The van der Waals surface area contributed by atoms with Crippen molar-refractivity contribution >= 4 is 17.1 Å². The number of pyridine rings is 1. The van der Waals surface area contributed by atoms with Gasteiger partial charge in [-0.05, 0) is 24.1 Å². The highest BCUT2D eigenvalue weighted by atomic mass is 16.4. The van der Waals surface area contributed by atoms with E-state index < -0.39 is 12.0 Å². The Hall–Kier alpha value is -1.88. The average molecular weight is 206 g/mol. The number of nitrogens with two attached hydrogens (primary N) is 1. The van der Waals surface area contributed by atoms with Crippen LogP contribution in [0.1, 0.15) is 5.56 Å². The van der Waals surface area contributed by atoms with Gasteiger partial charge in [-0.15, -0.1) is 0 Å².